The van der Waals surface area contributed by atoms with Gasteiger partial charge in [0, 0.05) is 34.9 Å². The van der Waals surface area contributed by atoms with Crippen molar-refractivity contribution in [2.45, 2.75) is 13.3 Å². The number of H-pyrrole nitrogens is 1. The van der Waals surface area contributed by atoms with Crippen LogP contribution in [0.25, 0.3) is 11.4 Å². The van der Waals surface area contributed by atoms with Crippen LogP contribution >= 0.6 is 23.2 Å². The number of aromatic nitrogens is 2. The van der Waals surface area contributed by atoms with E-state index in [2.05, 4.69) is 9.97 Å². The highest BCUT2D eigenvalue weighted by atomic mass is 35.5. The molecule has 0 aliphatic rings. The number of halogens is 2. The molecular formula is C13H12Cl2N2O2. The molecule has 0 aliphatic carbocycles. The van der Waals surface area contributed by atoms with E-state index in [9.17, 15) is 4.79 Å². The standard InChI is InChI=1S/C13H12Cl2N2O2/c1-7-9(4-5-18)13(19)17-12(16-7)10-3-2-8(14)6-11(10)15/h2-3,6,18H,4-5H2,1H3,(H,16,17,19). The molecule has 0 amide bonds. The van der Waals surface area contributed by atoms with Gasteiger partial charge in [-0.3, -0.25) is 4.79 Å². The summed E-state index contributed by atoms with van der Waals surface area (Å²) in [5, 5.41) is 9.85. The number of aliphatic hydroxyl groups excluding tert-OH is 1. The summed E-state index contributed by atoms with van der Waals surface area (Å²) in [6, 6.07) is 4.98. The molecule has 0 fully saturated rings. The van der Waals surface area contributed by atoms with Crippen LogP contribution in [0.3, 0.4) is 0 Å². The van der Waals surface area contributed by atoms with Gasteiger partial charge in [0.05, 0.1) is 5.02 Å². The Hall–Kier alpha value is -1.36. The van der Waals surface area contributed by atoms with Gasteiger partial charge in [-0.2, -0.15) is 0 Å². The molecule has 2 rings (SSSR count). The van der Waals surface area contributed by atoms with Gasteiger partial charge in [-0.25, -0.2) is 4.98 Å². The summed E-state index contributed by atoms with van der Waals surface area (Å²) < 4.78 is 0. The van der Waals surface area contributed by atoms with Gasteiger partial charge in [0.1, 0.15) is 5.82 Å². The largest absolute Gasteiger partial charge is 0.396 e. The van der Waals surface area contributed by atoms with E-state index in [1.807, 2.05) is 0 Å². The average molecular weight is 299 g/mol. The van der Waals surface area contributed by atoms with Gasteiger partial charge in [-0.1, -0.05) is 23.2 Å². The number of rotatable bonds is 3. The van der Waals surface area contributed by atoms with Crippen LogP contribution in [0.2, 0.25) is 10.0 Å². The zero-order valence-electron chi connectivity index (χ0n) is 10.2. The lowest BCUT2D eigenvalue weighted by Gasteiger charge is -2.08. The Morgan fingerprint density at radius 1 is 1.37 bits per heavy atom. The number of benzene rings is 1. The Balaban J connectivity index is 2.55. The minimum atomic E-state index is -0.262. The zero-order valence-corrected chi connectivity index (χ0v) is 11.7. The van der Waals surface area contributed by atoms with Crippen molar-refractivity contribution in [1.82, 2.24) is 9.97 Å². The first-order valence-electron chi connectivity index (χ1n) is 5.69. The molecule has 0 radical (unpaired) electrons. The third-order valence-corrected chi connectivity index (χ3v) is 3.32. The fraction of sp³-hybridized carbons (Fsp3) is 0.231. The fourth-order valence-electron chi connectivity index (χ4n) is 1.83. The van der Waals surface area contributed by atoms with E-state index in [0.29, 0.717) is 32.7 Å². The van der Waals surface area contributed by atoms with Crippen LogP contribution in [0.1, 0.15) is 11.3 Å². The first kappa shape index (κ1) is 14.1. The molecule has 19 heavy (non-hydrogen) atoms. The van der Waals surface area contributed by atoms with Crippen molar-refractivity contribution in [3.63, 3.8) is 0 Å². The van der Waals surface area contributed by atoms with Gasteiger partial charge < -0.3 is 10.1 Å². The molecule has 2 N–H and O–H groups in total. The van der Waals surface area contributed by atoms with Crippen molar-refractivity contribution in [2.24, 2.45) is 0 Å². The van der Waals surface area contributed by atoms with Crippen molar-refractivity contribution in [3.8, 4) is 11.4 Å². The van der Waals surface area contributed by atoms with E-state index in [4.69, 9.17) is 28.3 Å². The summed E-state index contributed by atoms with van der Waals surface area (Å²) in [6.45, 7) is 1.64. The van der Waals surface area contributed by atoms with Crippen molar-refractivity contribution in [3.05, 3.63) is 49.9 Å². The lowest BCUT2D eigenvalue weighted by atomic mass is 10.1. The van der Waals surface area contributed by atoms with Crippen molar-refractivity contribution >= 4 is 23.2 Å². The second kappa shape index (κ2) is 5.74. The number of aromatic amines is 1. The number of nitrogens with zero attached hydrogens (tertiary/aromatic N) is 1. The molecule has 1 heterocycles. The molecule has 0 aliphatic heterocycles. The summed E-state index contributed by atoms with van der Waals surface area (Å²) in [5.41, 5.74) is 1.42. The summed E-state index contributed by atoms with van der Waals surface area (Å²) in [4.78, 5) is 18.9. The van der Waals surface area contributed by atoms with E-state index in [0.717, 1.165) is 0 Å². The fourth-order valence-corrected chi connectivity index (χ4v) is 2.32. The van der Waals surface area contributed by atoms with Crippen LogP contribution in [0.4, 0.5) is 0 Å². The lowest BCUT2D eigenvalue weighted by molar-refractivity contribution is 0.298. The van der Waals surface area contributed by atoms with E-state index in [1.54, 1.807) is 25.1 Å². The quantitative estimate of drug-likeness (QED) is 0.915. The van der Waals surface area contributed by atoms with E-state index >= 15 is 0 Å². The molecule has 0 saturated heterocycles. The second-order valence-corrected chi connectivity index (χ2v) is 4.92. The van der Waals surface area contributed by atoms with Gasteiger partial charge in [0.2, 0.25) is 0 Å². The van der Waals surface area contributed by atoms with Crippen molar-refractivity contribution in [2.75, 3.05) is 6.61 Å². The lowest BCUT2D eigenvalue weighted by Crippen LogP contribution is -2.18. The molecular weight excluding hydrogens is 287 g/mol. The molecule has 1 aromatic heterocycles. The number of nitrogens with one attached hydrogen (secondary N) is 1. The maximum absolute atomic E-state index is 11.9. The number of aliphatic hydroxyl groups is 1. The Bertz CT molecular complexity index is 668. The molecule has 0 bridgehead atoms. The molecule has 6 heteroatoms. The second-order valence-electron chi connectivity index (χ2n) is 4.08. The predicted octanol–water partition coefficient (Wildman–Crippen LogP) is 2.59. The van der Waals surface area contributed by atoms with E-state index < -0.39 is 0 Å². The highest BCUT2D eigenvalue weighted by molar-refractivity contribution is 6.36. The first-order valence-corrected chi connectivity index (χ1v) is 6.44. The van der Waals surface area contributed by atoms with Gasteiger partial charge in [0.25, 0.3) is 5.56 Å². The van der Waals surface area contributed by atoms with Crippen molar-refractivity contribution < 1.29 is 5.11 Å². The Kier molecular flexibility index (Phi) is 4.24. The Labute approximate surface area is 120 Å². The SMILES string of the molecule is Cc1nc(-c2ccc(Cl)cc2Cl)[nH]c(=O)c1CCO. The number of hydrogen-bond donors (Lipinski definition) is 2. The molecule has 1 aromatic carbocycles. The number of hydrogen-bond acceptors (Lipinski definition) is 3. The summed E-state index contributed by atoms with van der Waals surface area (Å²) >= 11 is 11.9. The normalized spacial score (nSPS) is 10.7. The highest BCUT2D eigenvalue weighted by Gasteiger charge is 2.11. The molecule has 0 saturated carbocycles. The highest BCUT2D eigenvalue weighted by Crippen LogP contribution is 2.27. The zero-order chi connectivity index (χ0) is 14.0. The molecule has 100 valence electrons. The van der Waals surface area contributed by atoms with Crippen LogP contribution < -0.4 is 5.56 Å². The maximum Gasteiger partial charge on any atom is 0.254 e. The van der Waals surface area contributed by atoms with Crippen molar-refractivity contribution in [1.29, 1.82) is 0 Å². The molecule has 0 atom stereocenters. The summed E-state index contributed by atoms with van der Waals surface area (Å²) in [7, 11) is 0. The van der Waals surface area contributed by atoms with Crippen LogP contribution in [0.15, 0.2) is 23.0 Å². The van der Waals surface area contributed by atoms with Gasteiger partial charge in [-0.05, 0) is 25.1 Å². The third kappa shape index (κ3) is 2.97. The topological polar surface area (TPSA) is 66.0 Å². The smallest absolute Gasteiger partial charge is 0.254 e. The minimum absolute atomic E-state index is 0.0906. The Morgan fingerprint density at radius 3 is 2.68 bits per heavy atom. The van der Waals surface area contributed by atoms with E-state index in [-0.39, 0.29) is 18.6 Å². The van der Waals surface area contributed by atoms with Gasteiger partial charge >= 0.3 is 0 Å². The molecule has 0 spiro atoms. The average Bonchev–Trinajstić information content (AvgIpc) is 2.33. The Morgan fingerprint density at radius 2 is 2.11 bits per heavy atom. The van der Waals surface area contributed by atoms with Crippen LogP contribution in [-0.4, -0.2) is 21.7 Å². The van der Waals surface area contributed by atoms with Crippen LogP contribution in [0, 0.1) is 6.92 Å². The van der Waals surface area contributed by atoms with Crippen LogP contribution in [-0.2, 0) is 6.42 Å². The molecule has 2 aromatic rings. The maximum atomic E-state index is 11.9. The van der Waals surface area contributed by atoms with E-state index in [1.165, 1.54) is 0 Å². The van der Waals surface area contributed by atoms with Gasteiger partial charge in [0.15, 0.2) is 0 Å². The van der Waals surface area contributed by atoms with Gasteiger partial charge in [-0.15, -0.1) is 0 Å². The molecule has 4 nitrogen and oxygen atoms in total. The summed E-state index contributed by atoms with van der Waals surface area (Å²) in [5.74, 6) is 0.394. The summed E-state index contributed by atoms with van der Waals surface area (Å²) in [6.07, 6.45) is 0.281. The monoisotopic (exact) mass is 298 g/mol. The predicted molar refractivity (Wildman–Crippen MR) is 75.8 cm³/mol. The number of aryl methyl sites for hydroxylation is 1. The first-order chi connectivity index (χ1) is 9.02. The third-order valence-electron chi connectivity index (χ3n) is 2.77. The molecule has 0 unspecified atom stereocenters. The minimum Gasteiger partial charge on any atom is -0.396 e. The van der Waals surface area contributed by atoms with Crippen LogP contribution in [0.5, 0.6) is 0 Å².